The van der Waals surface area contributed by atoms with E-state index in [1.54, 1.807) is 14.2 Å². The van der Waals surface area contributed by atoms with E-state index in [-0.39, 0.29) is 17.9 Å². The van der Waals surface area contributed by atoms with Crippen LogP contribution in [0, 0.1) is 5.92 Å². The first-order chi connectivity index (χ1) is 14.7. The zero-order valence-electron chi connectivity index (χ0n) is 17.6. The minimum atomic E-state index is -0.0657. The van der Waals surface area contributed by atoms with Gasteiger partial charge in [0.25, 0.3) is 0 Å². The number of hydrogen-bond acceptors (Lipinski definition) is 5. The lowest BCUT2D eigenvalue weighted by molar-refractivity contribution is -0.126. The predicted octanol–water partition coefficient (Wildman–Crippen LogP) is 2.85. The fourth-order valence-corrected chi connectivity index (χ4v) is 4.85. The number of nitrogens with zero attached hydrogens (tertiary/aromatic N) is 2. The lowest BCUT2D eigenvalue weighted by Crippen LogP contribution is -2.61. The van der Waals surface area contributed by atoms with Crippen molar-refractivity contribution < 1.29 is 14.3 Å². The van der Waals surface area contributed by atoms with Crippen molar-refractivity contribution >= 4 is 17.3 Å². The van der Waals surface area contributed by atoms with Crippen LogP contribution in [0.5, 0.6) is 11.5 Å². The number of carbonyl (C=O) groups is 1. The highest BCUT2D eigenvalue weighted by atomic mass is 16.5. The van der Waals surface area contributed by atoms with Crippen molar-refractivity contribution in [2.45, 2.75) is 31.3 Å². The van der Waals surface area contributed by atoms with Crippen molar-refractivity contribution in [2.24, 2.45) is 5.92 Å². The zero-order valence-corrected chi connectivity index (χ0v) is 17.6. The molecule has 2 heterocycles. The van der Waals surface area contributed by atoms with Gasteiger partial charge in [0.1, 0.15) is 11.5 Å². The molecule has 1 aliphatic carbocycles. The molecule has 0 spiro atoms. The molecule has 2 fully saturated rings. The summed E-state index contributed by atoms with van der Waals surface area (Å²) in [4.78, 5) is 18.0. The van der Waals surface area contributed by atoms with Crippen LogP contribution in [-0.4, -0.2) is 51.8 Å². The summed E-state index contributed by atoms with van der Waals surface area (Å²) in [6, 6.07) is 14.9. The maximum absolute atomic E-state index is 13.2. The maximum Gasteiger partial charge on any atom is 0.225 e. The number of fused-ring (bicyclic) bond motifs is 3. The topological polar surface area (TPSA) is 54.0 Å². The Morgan fingerprint density at radius 1 is 1.03 bits per heavy atom. The molecule has 2 atom stereocenters. The average molecular weight is 408 g/mol. The highest BCUT2D eigenvalue weighted by molar-refractivity contribution is 5.83. The lowest BCUT2D eigenvalue weighted by atomic mass is 9.83. The second kappa shape index (κ2) is 7.74. The van der Waals surface area contributed by atoms with E-state index >= 15 is 0 Å². The Labute approximate surface area is 177 Å². The molecule has 0 aromatic heterocycles. The van der Waals surface area contributed by atoms with Gasteiger partial charge in [0.05, 0.1) is 31.9 Å². The molecule has 1 saturated heterocycles. The third-order valence-corrected chi connectivity index (χ3v) is 6.61. The van der Waals surface area contributed by atoms with E-state index in [2.05, 4.69) is 33.3 Å². The van der Waals surface area contributed by atoms with E-state index in [1.165, 1.54) is 11.3 Å². The van der Waals surface area contributed by atoms with Gasteiger partial charge < -0.3 is 24.6 Å². The Hall–Kier alpha value is -2.89. The van der Waals surface area contributed by atoms with Gasteiger partial charge in [-0.05, 0) is 43.0 Å². The molecule has 2 aliphatic heterocycles. The van der Waals surface area contributed by atoms with Gasteiger partial charge in [-0.15, -0.1) is 0 Å². The number of rotatable bonds is 5. The van der Waals surface area contributed by atoms with Crippen LogP contribution in [0.3, 0.4) is 0 Å². The number of anilines is 2. The molecule has 2 aromatic rings. The third-order valence-electron chi connectivity index (χ3n) is 6.61. The molecule has 30 heavy (non-hydrogen) atoms. The molecule has 6 nitrogen and oxygen atoms in total. The second-order valence-electron chi connectivity index (χ2n) is 8.47. The molecular weight excluding hydrogens is 378 g/mol. The molecule has 1 amide bonds. The van der Waals surface area contributed by atoms with E-state index in [0.29, 0.717) is 6.04 Å². The van der Waals surface area contributed by atoms with Gasteiger partial charge in [-0.3, -0.25) is 4.79 Å². The number of nitrogens with one attached hydrogen (secondary N) is 1. The van der Waals surface area contributed by atoms with Crippen LogP contribution >= 0.6 is 0 Å². The summed E-state index contributed by atoms with van der Waals surface area (Å²) in [6.45, 7) is 2.53. The van der Waals surface area contributed by atoms with Crippen molar-refractivity contribution in [1.29, 1.82) is 0 Å². The SMILES string of the molecule is COc1ccc2c(c1)N1CCN(c3ccccc3OC)C[C@H]1[C@H](C(=O)NC1CC1)C2. The molecular formula is C24H29N3O3. The average Bonchev–Trinajstić information content (AvgIpc) is 3.61. The number of methoxy groups -OCH3 is 2. The van der Waals surface area contributed by atoms with Crippen LogP contribution in [0.25, 0.3) is 0 Å². The monoisotopic (exact) mass is 407 g/mol. The van der Waals surface area contributed by atoms with E-state index in [1.807, 2.05) is 24.3 Å². The zero-order chi connectivity index (χ0) is 20.7. The van der Waals surface area contributed by atoms with Crippen molar-refractivity contribution in [3.63, 3.8) is 0 Å². The largest absolute Gasteiger partial charge is 0.497 e. The molecule has 3 aliphatic rings. The molecule has 1 N–H and O–H groups in total. The van der Waals surface area contributed by atoms with Gasteiger partial charge in [-0.25, -0.2) is 0 Å². The smallest absolute Gasteiger partial charge is 0.225 e. The predicted molar refractivity (Wildman–Crippen MR) is 118 cm³/mol. The normalized spacial score (nSPS) is 22.7. The van der Waals surface area contributed by atoms with Crippen LogP contribution in [0.15, 0.2) is 42.5 Å². The highest BCUT2D eigenvalue weighted by Gasteiger charge is 2.43. The van der Waals surface area contributed by atoms with Gasteiger partial charge in [0.15, 0.2) is 0 Å². The van der Waals surface area contributed by atoms with Gasteiger partial charge in [-0.1, -0.05) is 18.2 Å². The first kappa shape index (κ1) is 19.1. The Morgan fingerprint density at radius 3 is 2.63 bits per heavy atom. The number of carbonyl (C=O) groups excluding carboxylic acids is 1. The number of piperazine rings is 1. The van der Waals surface area contributed by atoms with Crippen molar-refractivity contribution in [2.75, 3.05) is 43.7 Å². The van der Waals surface area contributed by atoms with Crippen LogP contribution in [0.1, 0.15) is 18.4 Å². The minimum Gasteiger partial charge on any atom is -0.497 e. The molecule has 0 bridgehead atoms. The number of hydrogen-bond donors (Lipinski definition) is 1. The minimum absolute atomic E-state index is 0.0657. The van der Waals surface area contributed by atoms with Crippen LogP contribution < -0.4 is 24.6 Å². The van der Waals surface area contributed by atoms with Crippen LogP contribution in [0.2, 0.25) is 0 Å². The summed E-state index contributed by atoms with van der Waals surface area (Å²) < 4.78 is 11.1. The molecule has 158 valence electrons. The standard InChI is InChI=1S/C24H29N3O3/c1-29-18-10-7-16-13-19(24(28)25-17-8-9-17)22-15-26(11-12-27(22)21(16)14-18)20-5-3-4-6-23(20)30-2/h3-7,10,14,17,19,22H,8-9,11-13,15H2,1-2H3,(H,25,28)/t19-,22+/m1/s1. The summed E-state index contributed by atoms with van der Waals surface area (Å²) in [6.07, 6.45) is 2.97. The molecule has 0 unspecified atom stereocenters. The number of para-hydroxylation sites is 2. The molecule has 0 radical (unpaired) electrons. The summed E-state index contributed by atoms with van der Waals surface area (Å²) in [5.41, 5.74) is 3.53. The van der Waals surface area contributed by atoms with Gasteiger partial charge in [0.2, 0.25) is 5.91 Å². The molecule has 1 saturated carbocycles. The maximum atomic E-state index is 13.2. The van der Waals surface area contributed by atoms with Crippen LogP contribution in [-0.2, 0) is 11.2 Å². The van der Waals surface area contributed by atoms with Gasteiger partial charge in [-0.2, -0.15) is 0 Å². The van der Waals surface area contributed by atoms with Gasteiger partial charge in [0, 0.05) is 37.4 Å². The third kappa shape index (κ3) is 3.44. The Bertz CT molecular complexity index is 943. The Balaban J connectivity index is 1.48. The van der Waals surface area contributed by atoms with Gasteiger partial charge >= 0.3 is 0 Å². The van der Waals surface area contributed by atoms with E-state index in [4.69, 9.17) is 9.47 Å². The lowest BCUT2D eigenvalue weighted by Gasteiger charge is -2.49. The summed E-state index contributed by atoms with van der Waals surface area (Å²) in [5, 5.41) is 3.25. The quantitative estimate of drug-likeness (QED) is 0.826. The summed E-state index contributed by atoms with van der Waals surface area (Å²) in [5.74, 6) is 1.86. The first-order valence-electron chi connectivity index (χ1n) is 10.8. The van der Waals surface area contributed by atoms with Crippen molar-refractivity contribution in [1.82, 2.24) is 5.32 Å². The molecule has 6 heteroatoms. The van der Waals surface area contributed by atoms with Crippen LogP contribution in [0.4, 0.5) is 11.4 Å². The Morgan fingerprint density at radius 2 is 1.87 bits per heavy atom. The van der Waals surface area contributed by atoms with E-state index < -0.39 is 0 Å². The Kier molecular flexibility index (Phi) is 4.93. The summed E-state index contributed by atoms with van der Waals surface area (Å²) >= 11 is 0. The fraction of sp³-hybridized carbons (Fsp3) is 0.458. The molecule has 5 rings (SSSR count). The highest BCUT2D eigenvalue weighted by Crippen LogP contribution is 2.40. The number of ether oxygens (including phenoxy) is 2. The van der Waals surface area contributed by atoms with Crippen molar-refractivity contribution in [3.8, 4) is 11.5 Å². The number of benzene rings is 2. The van der Waals surface area contributed by atoms with Crippen molar-refractivity contribution in [3.05, 3.63) is 48.0 Å². The molecule has 2 aromatic carbocycles. The van der Waals surface area contributed by atoms with E-state index in [9.17, 15) is 4.79 Å². The fourth-order valence-electron chi connectivity index (χ4n) is 4.85. The first-order valence-corrected chi connectivity index (χ1v) is 10.8. The van der Waals surface area contributed by atoms with E-state index in [0.717, 1.165) is 56.1 Å². The second-order valence-corrected chi connectivity index (χ2v) is 8.47. The number of amides is 1. The summed E-state index contributed by atoms with van der Waals surface area (Å²) in [7, 11) is 3.41.